The molecular formula is C23H23NO. The maximum Gasteiger partial charge on any atom is 0.117 e. The van der Waals surface area contributed by atoms with Gasteiger partial charge in [-0.2, -0.15) is 0 Å². The third kappa shape index (κ3) is 3.18. The number of anilines is 1. The fraction of sp³-hybridized carbons (Fsp3) is 0.217. The lowest BCUT2D eigenvalue weighted by atomic mass is 9.79. The summed E-state index contributed by atoms with van der Waals surface area (Å²) in [6.45, 7) is 0. The molecule has 2 heteroatoms. The largest absolute Gasteiger partial charge is 0.382 e. The first-order chi connectivity index (χ1) is 12.3. The molecule has 0 radical (unpaired) electrons. The van der Waals surface area contributed by atoms with Gasteiger partial charge in [0.25, 0.3) is 0 Å². The van der Waals surface area contributed by atoms with E-state index in [0.29, 0.717) is 6.42 Å². The van der Waals surface area contributed by atoms with Gasteiger partial charge in [-0.1, -0.05) is 78.9 Å². The van der Waals surface area contributed by atoms with Crippen molar-refractivity contribution in [2.75, 3.05) is 5.32 Å². The third-order valence-electron chi connectivity index (χ3n) is 5.18. The fourth-order valence-electron chi connectivity index (χ4n) is 3.84. The van der Waals surface area contributed by atoms with Crippen molar-refractivity contribution in [3.8, 4) is 0 Å². The molecule has 1 atom stereocenters. The Hall–Kier alpha value is -2.58. The first kappa shape index (κ1) is 15.9. The van der Waals surface area contributed by atoms with Crippen molar-refractivity contribution in [1.29, 1.82) is 0 Å². The van der Waals surface area contributed by atoms with Crippen molar-refractivity contribution in [3.63, 3.8) is 0 Å². The van der Waals surface area contributed by atoms with Crippen LogP contribution in [-0.4, -0.2) is 11.1 Å². The number of hydrogen-bond acceptors (Lipinski definition) is 2. The van der Waals surface area contributed by atoms with Gasteiger partial charge in [-0.05, 0) is 35.6 Å². The average Bonchev–Trinajstić information content (AvgIpc) is 2.69. The second-order valence-corrected chi connectivity index (χ2v) is 6.83. The molecule has 0 amide bonds. The van der Waals surface area contributed by atoms with Gasteiger partial charge in [-0.25, -0.2) is 0 Å². The van der Waals surface area contributed by atoms with E-state index < -0.39 is 5.60 Å². The van der Waals surface area contributed by atoms with Crippen molar-refractivity contribution >= 4 is 5.69 Å². The third-order valence-corrected chi connectivity index (χ3v) is 5.18. The minimum absolute atomic E-state index is 0.236. The first-order valence-electron chi connectivity index (χ1n) is 8.93. The maximum absolute atomic E-state index is 11.7. The highest BCUT2D eigenvalue weighted by Gasteiger charge is 2.35. The SMILES string of the molecule is OC(C[C@H]1CCc2ccccc2N1)(c1ccccc1)c1ccccc1. The summed E-state index contributed by atoms with van der Waals surface area (Å²) < 4.78 is 0. The summed E-state index contributed by atoms with van der Waals surface area (Å²) in [4.78, 5) is 0. The number of nitrogens with one attached hydrogen (secondary N) is 1. The molecule has 2 N–H and O–H groups in total. The van der Waals surface area contributed by atoms with Crippen molar-refractivity contribution in [2.24, 2.45) is 0 Å². The average molecular weight is 329 g/mol. The van der Waals surface area contributed by atoms with E-state index in [1.165, 1.54) is 11.3 Å². The van der Waals surface area contributed by atoms with Crippen molar-refractivity contribution < 1.29 is 5.11 Å². The lowest BCUT2D eigenvalue weighted by Gasteiger charge is -2.36. The van der Waals surface area contributed by atoms with Crippen molar-refractivity contribution in [2.45, 2.75) is 30.9 Å². The highest BCUT2D eigenvalue weighted by atomic mass is 16.3. The van der Waals surface area contributed by atoms with Crippen LogP contribution in [-0.2, 0) is 12.0 Å². The van der Waals surface area contributed by atoms with E-state index in [0.717, 1.165) is 24.0 Å². The highest BCUT2D eigenvalue weighted by molar-refractivity contribution is 5.54. The van der Waals surface area contributed by atoms with Gasteiger partial charge < -0.3 is 10.4 Å². The summed E-state index contributed by atoms with van der Waals surface area (Å²) in [5.41, 5.74) is 3.46. The Morgan fingerprint density at radius 3 is 2.00 bits per heavy atom. The Balaban J connectivity index is 1.66. The molecule has 1 aliphatic rings. The normalized spacial score (nSPS) is 16.8. The smallest absolute Gasteiger partial charge is 0.117 e. The summed E-state index contributed by atoms with van der Waals surface area (Å²) in [6, 6.07) is 28.7. The predicted octanol–water partition coefficient (Wildman–Crippen LogP) is 4.74. The van der Waals surface area contributed by atoms with Gasteiger partial charge in [0.05, 0.1) is 0 Å². The molecule has 0 spiro atoms. The minimum atomic E-state index is -0.994. The van der Waals surface area contributed by atoms with E-state index in [1.54, 1.807) is 0 Å². The van der Waals surface area contributed by atoms with E-state index in [-0.39, 0.29) is 6.04 Å². The molecule has 0 aliphatic carbocycles. The van der Waals surface area contributed by atoms with Gasteiger partial charge in [-0.15, -0.1) is 0 Å². The Morgan fingerprint density at radius 2 is 1.36 bits per heavy atom. The molecule has 1 aliphatic heterocycles. The van der Waals surface area contributed by atoms with E-state index >= 15 is 0 Å². The first-order valence-corrected chi connectivity index (χ1v) is 8.93. The minimum Gasteiger partial charge on any atom is -0.382 e. The van der Waals surface area contributed by atoms with Crippen LogP contribution < -0.4 is 5.32 Å². The molecule has 0 bridgehead atoms. The molecule has 126 valence electrons. The Kier molecular flexibility index (Phi) is 4.29. The predicted molar refractivity (Wildman–Crippen MR) is 103 cm³/mol. The number of fused-ring (bicyclic) bond motifs is 1. The van der Waals surface area contributed by atoms with Crippen molar-refractivity contribution in [1.82, 2.24) is 0 Å². The zero-order valence-corrected chi connectivity index (χ0v) is 14.2. The molecule has 4 rings (SSSR count). The van der Waals surface area contributed by atoms with Crippen LogP contribution in [0.4, 0.5) is 5.69 Å². The number of hydrogen-bond donors (Lipinski definition) is 2. The van der Waals surface area contributed by atoms with E-state index in [9.17, 15) is 5.11 Å². The van der Waals surface area contributed by atoms with Gasteiger partial charge in [0, 0.05) is 18.2 Å². The second kappa shape index (κ2) is 6.73. The summed E-state index contributed by atoms with van der Waals surface area (Å²) in [5, 5.41) is 15.3. The van der Waals surface area contributed by atoms with Crippen LogP contribution in [0.15, 0.2) is 84.9 Å². The quantitative estimate of drug-likeness (QED) is 0.724. The van der Waals surface area contributed by atoms with Gasteiger partial charge >= 0.3 is 0 Å². The monoisotopic (exact) mass is 329 g/mol. The van der Waals surface area contributed by atoms with Gasteiger partial charge in [0.2, 0.25) is 0 Å². The number of benzene rings is 3. The molecule has 3 aromatic carbocycles. The van der Waals surface area contributed by atoms with Crippen LogP contribution in [0.1, 0.15) is 29.5 Å². The van der Waals surface area contributed by atoms with Crippen LogP contribution in [0, 0.1) is 0 Å². The number of para-hydroxylation sites is 1. The number of aliphatic hydroxyl groups is 1. The van der Waals surface area contributed by atoms with Gasteiger partial charge in [-0.3, -0.25) is 0 Å². The highest BCUT2D eigenvalue weighted by Crippen LogP contribution is 2.37. The maximum atomic E-state index is 11.7. The van der Waals surface area contributed by atoms with E-state index in [4.69, 9.17) is 0 Å². The molecule has 0 saturated heterocycles. The summed E-state index contributed by atoms with van der Waals surface area (Å²) in [5.74, 6) is 0. The van der Waals surface area contributed by atoms with E-state index in [1.807, 2.05) is 60.7 Å². The molecule has 2 nitrogen and oxygen atoms in total. The van der Waals surface area contributed by atoms with Crippen LogP contribution in [0.2, 0.25) is 0 Å². The Labute approximate surface area is 149 Å². The molecule has 0 aromatic heterocycles. The molecule has 25 heavy (non-hydrogen) atoms. The molecule has 0 fully saturated rings. The second-order valence-electron chi connectivity index (χ2n) is 6.83. The molecule has 1 heterocycles. The van der Waals surface area contributed by atoms with Crippen molar-refractivity contribution in [3.05, 3.63) is 102 Å². The zero-order chi connectivity index (χ0) is 17.1. The Bertz CT molecular complexity index is 789. The summed E-state index contributed by atoms with van der Waals surface area (Å²) in [6.07, 6.45) is 2.72. The van der Waals surface area contributed by atoms with Crippen LogP contribution in [0.5, 0.6) is 0 Å². The molecule has 3 aromatic rings. The number of aryl methyl sites for hydroxylation is 1. The Morgan fingerprint density at radius 1 is 0.800 bits per heavy atom. The van der Waals surface area contributed by atoms with E-state index in [2.05, 4.69) is 29.6 Å². The lowest BCUT2D eigenvalue weighted by molar-refractivity contribution is 0.0643. The summed E-state index contributed by atoms with van der Waals surface area (Å²) >= 11 is 0. The van der Waals surface area contributed by atoms with Crippen LogP contribution in [0.25, 0.3) is 0 Å². The van der Waals surface area contributed by atoms with Crippen LogP contribution in [0.3, 0.4) is 0 Å². The summed E-state index contributed by atoms with van der Waals surface area (Å²) in [7, 11) is 0. The zero-order valence-electron chi connectivity index (χ0n) is 14.2. The molecular weight excluding hydrogens is 306 g/mol. The fourth-order valence-corrected chi connectivity index (χ4v) is 3.84. The molecule has 0 unspecified atom stereocenters. The van der Waals surface area contributed by atoms with Gasteiger partial charge in [0.15, 0.2) is 0 Å². The van der Waals surface area contributed by atoms with Gasteiger partial charge in [0.1, 0.15) is 5.60 Å². The topological polar surface area (TPSA) is 32.3 Å². The van der Waals surface area contributed by atoms with Crippen LogP contribution >= 0.6 is 0 Å². The number of rotatable bonds is 4. The molecule has 0 saturated carbocycles. The standard InChI is InChI=1S/C23H23NO/c25-23(19-10-3-1-4-11-19,20-12-5-2-6-13-20)17-21-16-15-18-9-7-8-14-22(18)24-21/h1-14,21,24-25H,15-17H2/t21-/m1/s1. The lowest BCUT2D eigenvalue weighted by Crippen LogP contribution is -2.37.